The Labute approximate surface area is 142 Å². The molecule has 1 spiro atoms. The highest BCUT2D eigenvalue weighted by Crippen LogP contribution is 2.59. The van der Waals surface area contributed by atoms with Crippen LogP contribution in [0.2, 0.25) is 5.02 Å². The van der Waals surface area contributed by atoms with Gasteiger partial charge >= 0.3 is 0 Å². The van der Waals surface area contributed by atoms with Gasteiger partial charge in [0, 0.05) is 18.9 Å². The molecular weight excluding hydrogens is 310 g/mol. The summed E-state index contributed by atoms with van der Waals surface area (Å²) in [5.74, 6) is 0.993. The number of piperidine rings is 1. The molecule has 1 atom stereocenters. The topological polar surface area (TPSA) is 45.2 Å². The Morgan fingerprint density at radius 1 is 1.26 bits per heavy atom. The molecule has 1 N–H and O–H groups in total. The first-order valence-corrected chi connectivity index (χ1v) is 9.21. The van der Waals surface area contributed by atoms with Gasteiger partial charge in [-0.1, -0.05) is 24.4 Å². The molecule has 23 heavy (non-hydrogen) atoms. The summed E-state index contributed by atoms with van der Waals surface area (Å²) < 4.78 is 0. The van der Waals surface area contributed by atoms with E-state index in [4.69, 9.17) is 11.6 Å². The summed E-state index contributed by atoms with van der Waals surface area (Å²) in [6.45, 7) is 3.03. The van der Waals surface area contributed by atoms with E-state index in [1.54, 1.807) is 6.20 Å². The Bertz CT molecular complexity index is 594. The molecule has 3 heterocycles. The average molecular weight is 334 g/mol. The van der Waals surface area contributed by atoms with Crippen LogP contribution in [0, 0.1) is 11.3 Å². The third kappa shape index (κ3) is 2.56. The molecule has 3 fully saturated rings. The molecule has 3 aliphatic rings. The molecular formula is C18H24ClN3O. The lowest BCUT2D eigenvalue weighted by Gasteiger charge is -2.56. The minimum Gasteiger partial charge on any atom is -0.334 e. The van der Waals surface area contributed by atoms with Gasteiger partial charge in [0.15, 0.2) is 0 Å². The Morgan fingerprint density at radius 2 is 2.00 bits per heavy atom. The van der Waals surface area contributed by atoms with Crippen LogP contribution < -0.4 is 5.32 Å². The number of hydrogen-bond donors (Lipinski definition) is 1. The fraction of sp³-hybridized carbons (Fsp3) is 0.667. The predicted octanol–water partition coefficient (Wildman–Crippen LogP) is 3.18. The highest BCUT2D eigenvalue weighted by molar-refractivity contribution is 6.30. The summed E-state index contributed by atoms with van der Waals surface area (Å²) in [5, 5.41) is 4.07. The maximum Gasteiger partial charge on any atom is 0.231 e. The molecule has 0 aromatic carbocycles. The van der Waals surface area contributed by atoms with Crippen molar-refractivity contribution < 1.29 is 4.79 Å². The summed E-state index contributed by atoms with van der Waals surface area (Å²) in [4.78, 5) is 19.4. The molecule has 4 rings (SSSR count). The lowest BCUT2D eigenvalue weighted by molar-refractivity contribution is -0.174. The molecule has 2 saturated heterocycles. The molecule has 2 aliphatic heterocycles. The van der Waals surface area contributed by atoms with Crippen molar-refractivity contribution >= 4 is 17.5 Å². The van der Waals surface area contributed by atoms with Gasteiger partial charge in [-0.3, -0.25) is 9.78 Å². The Balaban J connectivity index is 1.60. The van der Waals surface area contributed by atoms with E-state index in [0.717, 1.165) is 63.7 Å². The van der Waals surface area contributed by atoms with Gasteiger partial charge in [-0.05, 0) is 56.3 Å². The largest absolute Gasteiger partial charge is 0.334 e. The number of rotatable bonds is 3. The van der Waals surface area contributed by atoms with Gasteiger partial charge in [0.2, 0.25) is 5.91 Å². The van der Waals surface area contributed by atoms with E-state index >= 15 is 0 Å². The van der Waals surface area contributed by atoms with Crippen molar-refractivity contribution in [2.45, 2.75) is 44.6 Å². The third-order valence-electron chi connectivity index (χ3n) is 5.97. The molecule has 1 aromatic rings. The van der Waals surface area contributed by atoms with Gasteiger partial charge in [-0.25, -0.2) is 0 Å². The van der Waals surface area contributed by atoms with Crippen molar-refractivity contribution in [2.24, 2.45) is 11.3 Å². The number of carbonyl (C=O) groups is 1. The smallest absolute Gasteiger partial charge is 0.231 e. The van der Waals surface area contributed by atoms with Crippen LogP contribution in [0.25, 0.3) is 0 Å². The van der Waals surface area contributed by atoms with Crippen molar-refractivity contribution in [2.75, 3.05) is 19.6 Å². The fourth-order valence-corrected chi connectivity index (χ4v) is 5.04. The molecule has 0 radical (unpaired) electrons. The minimum absolute atomic E-state index is 0.167. The van der Waals surface area contributed by atoms with E-state index in [1.807, 2.05) is 12.3 Å². The summed E-state index contributed by atoms with van der Waals surface area (Å²) >= 11 is 6.17. The normalized spacial score (nSPS) is 27.4. The maximum absolute atomic E-state index is 13.0. The molecule has 0 bridgehead atoms. The van der Waals surface area contributed by atoms with Crippen LogP contribution in [0.3, 0.4) is 0 Å². The highest BCUT2D eigenvalue weighted by Gasteiger charge is 2.61. The summed E-state index contributed by atoms with van der Waals surface area (Å²) in [7, 11) is 0. The lowest BCUT2D eigenvalue weighted by atomic mass is 9.66. The second-order valence-corrected chi connectivity index (χ2v) is 7.79. The zero-order valence-corrected chi connectivity index (χ0v) is 14.2. The number of nitrogens with zero attached hydrogens (tertiary/aromatic N) is 2. The number of hydrogen-bond acceptors (Lipinski definition) is 3. The highest BCUT2D eigenvalue weighted by atomic mass is 35.5. The van der Waals surface area contributed by atoms with Gasteiger partial charge < -0.3 is 10.2 Å². The van der Waals surface area contributed by atoms with Crippen LogP contribution in [0.4, 0.5) is 0 Å². The number of nitrogens with one attached hydrogen (secondary N) is 1. The number of β-lactam (4-membered cyclic amide) rings is 1. The molecule has 124 valence electrons. The zero-order chi connectivity index (χ0) is 15.9. The van der Waals surface area contributed by atoms with Crippen molar-refractivity contribution in [3.63, 3.8) is 0 Å². The quantitative estimate of drug-likeness (QED) is 0.864. The van der Waals surface area contributed by atoms with Crippen LogP contribution in [0.1, 0.15) is 50.1 Å². The second kappa shape index (κ2) is 6.06. The second-order valence-electron chi connectivity index (χ2n) is 7.35. The van der Waals surface area contributed by atoms with E-state index in [2.05, 4.69) is 15.2 Å². The van der Waals surface area contributed by atoms with Gasteiger partial charge in [0.1, 0.15) is 0 Å². The molecule has 1 unspecified atom stereocenters. The third-order valence-corrected chi connectivity index (χ3v) is 6.18. The minimum atomic E-state index is -0.167. The predicted molar refractivity (Wildman–Crippen MR) is 90.2 cm³/mol. The van der Waals surface area contributed by atoms with Crippen molar-refractivity contribution in [1.29, 1.82) is 0 Å². The number of halogens is 1. The van der Waals surface area contributed by atoms with Gasteiger partial charge in [-0.15, -0.1) is 0 Å². The first-order chi connectivity index (χ1) is 11.2. The van der Waals surface area contributed by atoms with Crippen molar-refractivity contribution in [1.82, 2.24) is 15.2 Å². The van der Waals surface area contributed by atoms with Crippen LogP contribution in [0.15, 0.2) is 18.5 Å². The number of aromatic nitrogens is 1. The number of likely N-dealkylation sites (tertiary alicyclic amines) is 1. The Kier molecular flexibility index (Phi) is 4.06. The number of pyridine rings is 1. The van der Waals surface area contributed by atoms with E-state index in [0.29, 0.717) is 16.8 Å². The van der Waals surface area contributed by atoms with Crippen molar-refractivity contribution in [3.8, 4) is 0 Å². The van der Waals surface area contributed by atoms with E-state index < -0.39 is 0 Å². The zero-order valence-electron chi connectivity index (χ0n) is 13.4. The van der Waals surface area contributed by atoms with E-state index in [1.165, 1.54) is 0 Å². The van der Waals surface area contributed by atoms with E-state index in [9.17, 15) is 4.79 Å². The summed E-state index contributed by atoms with van der Waals surface area (Å²) in [5.41, 5.74) is 0.951. The number of amides is 1. The molecule has 5 heteroatoms. The molecule has 4 nitrogen and oxygen atoms in total. The molecule has 1 aromatic heterocycles. The first-order valence-electron chi connectivity index (χ1n) is 8.83. The van der Waals surface area contributed by atoms with Crippen LogP contribution in [0.5, 0.6) is 0 Å². The van der Waals surface area contributed by atoms with Crippen LogP contribution >= 0.6 is 11.6 Å². The maximum atomic E-state index is 13.0. The van der Waals surface area contributed by atoms with Crippen molar-refractivity contribution in [3.05, 3.63) is 29.0 Å². The Morgan fingerprint density at radius 3 is 2.70 bits per heavy atom. The van der Waals surface area contributed by atoms with Gasteiger partial charge in [-0.2, -0.15) is 0 Å². The van der Waals surface area contributed by atoms with E-state index in [-0.39, 0.29) is 11.5 Å². The molecule has 1 amide bonds. The molecule has 1 saturated carbocycles. The monoisotopic (exact) mass is 333 g/mol. The van der Waals surface area contributed by atoms with Gasteiger partial charge in [0.05, 0.1) is 16.5 Å². The average Bonchev–Trinajstić information content (AvgIpc) is 3.07. The van der Waals surface area contributed by atoms with Crippen LogP contribution in [-0.4, -0.2) is 35.4 Å². The summed E-state index contributed by atoms with van der Waals surface area (Å²) in [6, 6.07) is 2.18. The van der Waals surface area contributed by atoms with Gasteiger partial charge in [0.25, 0.3) is 0 Å². The Hall–Kier alpha value is -1.13. The lowest BCUT2D eigenvalue weighted by Crippen LogP contribution is -2.63. The summed E-state index contributed by atoms with van der Waals surface area (Å²) in [6.07, 6.45) is 10.3. The standard InChI is InChI=1S/C18H24ClN3O/c19-15-9-14(10-21-11-15)16-18(5-1-2-6-18)17(23)22(16)12-13-3-7-20-8-4-13/h9-11,13,16,20H,1-8,12H2. The first kappa shape index (κ1) is 15.4. The molecule has 1 aliphatic carbocycles. The fourth-order valence-electron chi connectivity index (χ4n) is 4.85. The van der Waals surface area contributed by atoms with Crippen LogP contribution in [-0.2, 0) is 4.79 Å². The SMILES string of the molecule is O=C1N(CC2CCNCC2)C(c2cncc(Cl)c2)C12CCCC2. The number of carbonyl (C=O) groups excluding carboxylic acids is 1.